The topological polar surface area (TPSA) is 55.8 Å². The number of fused-ring (bicyclic) bond motifs is 1. The Morgan fingerprint density at radius 1 is 1.21 bits per heavy atom. The number of rotatable bonds is 3. The zero-order chi connectivity index (χ0) is 20.1. The number of amides is 1. The Hall–Kier alpha value is -1.85. The normalized spacial score (nSPS) is 34.3. The van der Waals surface area contributed by atoms with E-state index < -0.39 is 6.04 Å². The number of halogens is 1. The number of benzene rings is 1. The molecule has 29 heavy (non-hydrogen) atoms. The second kappa shape index (κ2) is 7.44. The summed E-state index contributed by atoms with van der Waals surface area (Å²) in [6.07, 6.45) is 4.43. The number of ketones is 1. The molecule has 154 valence electrons. The largest absolute Gasteiger partial charge is 0.483 e. The summed E-state index contributed by atoms with van der Waals surface area (Å²) in [5.74, 6) is 0.487. The van der Waals surface area contributed by atoms with Gasteiger partial charge in [0.05, 0.1) is 23.6 Å². The Labute approximate surface area is 176 Å². The van der Waals surface area contributed by atoms with E-state index in [0.717, 1.165) is 44.3 Å². The van der Waals surface area contributed by atoms with E-state index in [1.165, 1.54) is 0 Å². The van der Waals surface area contributed by atoms with E-state index in [4.69, 9.17) is 21.1 Å². The second-order valence-corrected chi connectivity index (χ2v) is 9.27. The minimum absolute atomic E-state index is 0.000566. The first-order valence-electron chi connectivity index (χ1n) is 10.7. The van der Waals surface area contributed by atoms with Crippen LogP contribution < -0.4 is 0 Å². The van der Waals surface area contributed by atoms with Crippen molar-refractivity contribution in [1.82, 2.24) is 4.90 Å². The van der Waals surface area contributed by atoms with E-state index in [0.29, 0.717) is 23.1 Å². The fraction of sp³-hybridized carbons (Fsp3) is 0.565. The standard InChI is InChI=1S/C23H26ClNO4/c1-13-7-8-18-17(10-13)21(26)19-20(14-4-2-5-15(24)11-14)25(23(27)22(19)29-18)12-16-6-3-9-28-16/h2,4-5,11,13,16-18,20H,3,6-10,12H2,1H3. The first-order valence-corrected chi connectivity index (χ1v) is 11.0. The average molecular weight is 416 g/mol. The molecule has 3 aliphatic heterocycles. The summed E-state index contributed by atoms with van der Waals surface area (Å²) >= 11 is 6.26. The maximum absolute atomic E-state index is 13.6. The van der Waals surface area contributed by atoms with E-state index in [1.54, 1.807) is 11.0 Å². The molecular formula is C23H26ClNO4. The van der Waals surface area contributed by atoms with Gasteiger partial charge in [-0.25, -0.2) is 0 Å². The quantitative estimate of drug-likeness (QED) is 0.747. The number of hydrogen-bond donors (Lipinski definition) is 0. The minimum atomic E-state index is -0.453. The van der Waals surface area contributed by atoms with Crippen LogP contribution >= 0.6 is 11.6 Å². The Morgan fingerprint density at radius 3 is 2.83 bits per heavy atom. The van der Waals surface area contributed by atoms with Crippen molar-refractivity contribution >= 4 is 23.3 Å². The third-order valence-electron chi connectivity index (χ3n) is 6.79. The zero-order valence-corrected chi connectivity index (χ0v) is 17.4. The van der Waals surface area contributed by atoms with Crippen molar-refractivity contribution in [1.29, 1.82) is 0 Å². The minimum Gasteiger partial charge on any atom is -0.483 e. The Morgan fingerprint density at radius 2 is 2.07 bits per heavy atom. The van der Waals surface area contributed by atoms with Crippen LogP contribution in [0, 0.1) is 11.8 Å². The first kappa shape index (κ1) is 19.1. The van der Waals surface area contributed by atoms with Crippen LogP contribution in [0.25, 0.3) is 0 Å². The highest BCUT2D eigenvalue weighted by molar-refractivity contribution is 6.30. The van der Waals surface area contributed by atoms with E-state index in [-0.39, 0.29) is 35.6 Å². The Kier molecular flexibility index (Phi) is 4.91. The van der Waals surface area contributed by atoms with Crippen molar-refractivity contribution in [2.45, 2.75) is 57.3 Å². The summed E-state index contributed by atoms with van der Waals surface area (Å²) in [6, 6.07) is 7.00. The molecule has 0 bridgehead atoms. The van der Waals surface area contributed by atoms with Gasteiger partial charge < -0.3 is 14.4 Å². The van der Waals surface area contributed by atoms with Crippen molar-refractivity contribution in [3.63, 3.8) is 0 Å². The SMILES string of the molecule is CC1CCC2OC3=C(C(=O)C2C1)C(c1cccc(Cl)c1)N(CC1CCCO1)C3=O. The predicted molar refractivity (Wildman–Crippen MR) is 108 cm³/mol. The van der Waals surface area contributed by atoms with E-state index in [2.05, 4.69) is 6.92 Å². The Bertz CT molecular complexity index is 875. The zero-order valence-electron chi connectivity index (χ0n) is 16.6. The molecule has 0 radical (unpaired) electrons. The molecule has 3 heterocycles. The van der Waals surface area contributed by atoms with Gasteiger partial charge in [0.1, 0.15) is 6.10 Å². The lowest BCUT2D eigenvalue weighted by molar-refractivity contribution is -0.136. The van der Waals surface area contributed by atoms with Gasteiger partial charge in [0.2, 0.25) is 0 Å². The van der Waals surface area contributed by atoms with Crippen LogP contribution in [-0.4, -0.2) is 41.9 Å². The van der Waals surface area contributed by atoms with Gasteiger partial charge in [-0.3, -0.25) is 9.59 Å². The fourth-order valence-electron chi connectivity index (χ4n) is 5.34. The molecule has 0 N–H and O–H groups in total. The third kappa shape index (κ3) is 3.28. The van der Waals surface area contributed by atoms with Crippen molar-refractivity contribution in [2.24, 2.45) is 11.8 Å². The molecule has 1 aromatic rings. The predicted octanol–water partition coefficient (Wildman–Crippen LogP) is 4.06. The highest BCUT2D eigenvalue weighted by atomic mass is 35.5. The van der Waals surface area contributed by atoms with E-state index in [1.807, 2.05) is 18.2 Å². The van der Waals surface area contributed by atoms with Crippen LogP contribution in [0.5, 0.6) is 0 Å². The van der Waals surface area contributed by atoms with Crippen molar-refractivity contribution in [3.8, 4) is 0 Å². The molecule has 0 aromatic heterocycles. The molecule has 4 aliphatic rings. The van der Waals surface area contributed by atoms with Crippen LogP contribution in [0.15, 0.2) is 35.6 Å². The molecule has 1 aliphatic carbocycles. The van der Waals surface area contributed by atoms with Gasteiger partial charge >= 0.3 is 0 Å². The van der Waals surface area contributed by atoms with Crippen molar-refractivity contribution < 1.29 is 19.1 Å². The van der Waals surface area contributed by atoms with Crippen LogP contribution in [0.3, 0.4) is 0 Å². The number of nitrogens with zero attached hydrogens (tertiary/aromatic N) is 1. The molecule has 5 nitrogen and oxygen atoms in total. The maximum atomic E-state index is 13.6. The van der Waals surface area contributed by atoms with Gasteiger partial charge in [-0.2, -0.15) is 0 Å². The second-order valence-electron chi connectivity index (χ2n) is 8.84. The summed E-state index contributed by atoms with van der Waals surface area (Å²) in [4.78, 5) is 28.8. The highest BCUT2D eigenvalue weighted by Gasteiger charge is 2.52. The lowest BCUT2D eigenvalue weighted by atomic mass is 9.74. The van der Waals surface area contributed by atoms with Gasteiger partial charge in [0, 0.05) is 18.2 Å². The van der Waals surface area contributed by atoms with Gasteiger partial charge in [-0.1, -0.05) is 30.7 Å². The van der Waals surface area contributed by atoms with Crippen molar-refractivity contribution in [2.75, 3.05) is 13.2 Å². The third-order valence-corrected chi connectivity index (χ3v) is 7.03. The summed E-state index contributed by atoms with van der Waals surface area (Å²) < 4.78 is 12.0. The average Bonchev–Trinajstić information content (AvgIpc) is 3.31. The number of carbonyl (C=O) groups excluding carboxylic acids is 2. The van der Waals surface area contributed by atoms with Crippen LogP contribution in [0.2, 0.25) is 5.02 Å². The van der Waals surface area contributed by atoms with Gasteiger partial charge in [0.25, 0.3) is 5.91 Å². The molecule has 2 fully saturated rings. The Balaban J connectivity index is 1.55. The summed E-state index contributed by atoms with van der Waals surface area (Å²) in [6.45, 7) is 3.37. The lowest BCUT2D eigenvalue weighted by Gasteiger charge is -2.37. The summed E-state index contributed by atoms with van der Waals surface area (Å²) in [5, 5.41) is 0.592. The molecule has 0 spiro atoms. The van der Waals surface area contributed by atoms with Crippen LogP contribution in [0.4, 0.5) is 0 Å². The fourth-order valence-corrected chi connectivity index (χ4v) is 5.54. The highest BCUT2D eigenvalue weighted by Crippen LogP contribution is 2.48. The molecule has 1 saturated heterocycles. The number of ether oxygens (including phenoxy) is 2. The molecule has 5 atom stereocenters. The van der Waals surface area contributed by atoms with Gasteiger partial charge in [0.15, 0.2) is 11.5 Å². The molecule has 1 saturated carbocycles. The van der Waals surface area contributed by atoms with E-state index >= 15 is 0 Å². The van der Waals surface area contributed by atoms with Gasteiger partial charge in [-0.05, 0) is 55.7 Å². The lowest BCUT2D eigenvalue weighted by Crippen LogP contribution is -2.41. The molecule has 5 unspecified atom stereocenters. The van der Waals surface area contributed by atoms with Crippen LogP contribution in [-0.2, 0) is 19.1 Å². The van der Waals surface area contributed by atoms with E-state index in [9.17, 15) is 9.59 Å². The van der Waals surface area contributed by atoms with Gasteiger partial charge in [-0.15, -0.1) is 0 Å². The number of carbonyl (C=O) groups is 2. The summed E-state index contributed by atoms with van der Waals surface area (Å²) in [5.41, 5.74) is 1.37. The monoisotopic (exact) mass is 415 g/mol. The number of hydrogen-bond acceptors (Lipinski definition) is 4. The molecule has 1 amide bonds. The first-order chi connectivity index (χ1) is 14.0. The summed E-state index contributed by atoms with van der Waals surface area (Å²) in [7, 11) is 0. The molecule has 6 heteroatoms. The number of Topliss-reactive ketones (excluding diaryl/α,β-unsaturated/α-hetero) is 1. The smallest absolute Gasteiger partial charge is 0.290 e. The maximum Gasteiger partial charge on any atom is 0.290 e. The molecule has 5 rings (SSSR count). The van der Waals surface area contributed by atoms with Crippen molar-refractivity contribution in [3.05, 3.63) is 46.2 Å². The van der Waals surface area contributed by atoms with Crippen LogP contribution in [0.1, 0.15) is 50.6 Å². The molecule has 1 aromatic carbocycles. The molecular weight excluding hydrogens is 390 g/mol.